The number of aromatic nitrogens is 2. The van der Waals surface area contributed by atoms with Crippen LogP contribution >= 0.6 is 0 Å². The van der Waals surface area contributed by atoms with Crippen molar-refractivity contribution in [2.24, 2.45) is 0 Å². The minimum absolute atomic E-state index is 0.0401. The summed E-state index contributed by atoms with van der Waals surface area (Å²) < 4.78 is 0. The summed E-state index contributed by atoms with van der Waals surface area (Å²) in [6, 6.07) is 15.7. The molecule has 2 fully saturated rings. The molecule has 1 atom stereocenters. The highest BCUT2D eigenvalue weighted by Crippen LogP contribution is 2.40. The predicted molar refractivity (Wildman–Crippen MR) is 112 cm³/mol. The molecule has 148 valence electrons. The van der Waals surface area contributed by atoms with Gasteiger partial charge in [-0.2, -0.15) is 5.10 Å². The number of hydrogen-bond acceptors (Lipinski definition) is 3. The second kappa shape index (κ2) is 6.72. The number of H-pyrrole nitrogens is 1. The molecule has 2 saturated heterocycles. The van der Waals surface area contributed by atoms with Crippen molar-refractivity contribution in [1.29, 1.82) is 0 Å². The zero-order chi connectivity index (χ0) is 20.0. The van der Waals surface area contributed by atoms with Crippen LogP contribution in [-0.2, 0) is 4.79 Å². The van der Waals surface area contributed by atoms with E-state index in [1.54, 1.807) is 4.90 Å². The third-order valence-corrected chi connectivity index (χ3v) is 6.37. The number of para-hydroxylation sites is 1. The number of rotatable bonds is 2. The molecule has 6 nitrogen and oxygen atoms in total. The molecule has 0 bridgehead atoms. The zero-order valence-corrected chi connectivity index (χ0v) is 16.5. The van der Waals surface area contributed by atoms with Gasteiger partial charge in [-0.25, -0.2) is 0 Å². The third-order valence-electron chi connectivity index (χ3n) is 6.37. The van der Waals surface area contributed by atoms with E-state index < -0.39 is 5.54 Å². The van der Waals surface area contributed by atoms with Gasteiger partial charge in [0.05, 0.1) is 5.52 Å². The number of carbonyl (C=O) groups excluding carboxylic acids is 2. The Labute approximate surface area is 169 Å². The van der Waals surface area contributed by atoms with Crippen molar-refractivity contribution < 1.29 is 9.59 Å². The van der Waals surface area contributed by atoms with Crippen molar-refractivity contribution in [2.45, 2.75) is 38.1 Å². The maximum Gasteiger partial charge on any atom is 0.275 e. The lowest BCUT2D eigenvalue weighted by Gasteiger charge is -2.44. The van der Waals surface area contributed by atoms with Crippen molar-refractivity contribution in [2.75, 3.05) is 18.0 Å². The van der Waals surface area contributed by atoms with E-state index in [0.29, 0.717) is 31.6 Å². The van der Waals surface area contributed by atoms with Crippen LogP contribution in [0.5, 0.6) is 0 Å². The van der Waals surface area contributed by atoms with E-state index in [2.05, 4.69) is 10.2 Å². The molecule has 5 rings (SSSR count). The molecule has 1 N–H and O–H groups in total. The Hall–Kier alpha value is -3.15. The summed E-state index contributed by atoms with van der Waals surface area (Å²) >= 11 is 0. The molecule has 2 aliphatic rings. The van der Waals surface area contributed by atoms with Crippen LogP contribution in [0, 0.1) is 6.92 Å². The molecule has 0 saturated carbocycles. The lowest BCUT2D eigenvalue weighted by molar-refractivity contribution is -0.130. The quantitative estimate of drug-likeness (QED) is 0.728. The van der Waals surface area contributed by atoms with Gasteiger partial charge in [0.25, 0.3) is 11.8 Å². The number of piperidine rings is 1. The van der Waals surface area contributed by atoms with Gasteiger partial charge in [0, 0.05) is 24.2 Å². The Morgan fingerprint density at radius 2 is 1.76 bits per heavy atom. The number of benzene rings is 2. The molecule has 0 radical (unpaired) electrons. The Balaban J connectivity index is 1.50. The monoisotopic (exact) mass is 388 g/mol. The number of nitrogens with zero attached hydrogens (tertiary/aromatic N) is 3. The third kappa shape index (κ3) is 2.74. The number of anilines is 1. The van der Waals surface area contributed by atoms with Crippen LogP contribution in [0.15, 0.2) is 48.5 Å². The number of aromatic amines is 1. The molecular weight excluding hydrogens is 364 g/mol. The maximum absolute atomic E-state index is 13.7. The van der Waals surface area contributed by atoms with Gasteiger partial charge in [-0.1, -0.05) is 35.9 Å². The van der Waals surface area contributed by atoms with Gasteiger partial charge in [0.2, 0.25) is 0 Å². The van der Waals surface area contributed by atoms with E-state index in [9.17, 15) is 9.59 Å². The highest BCUT2D eigenvalue weighted by Gasteiger charge is 2.53. The predicted octanol–water partition coefficient (Wildman–Crippen LogP) is 3.67. The van der Waals surface area contributed by atoms with Crippen LogP contribution in [0.25, 0.3) is 10.9 Å². The number of carbonyl (C=O) groups is 2. The van der Waals surface area contributed by atoms with Gasteiger partial charge in [-0.15, -0.1) is 0 Å². The van der Waals surface area contributed by atoms with Crippen LogP contribution in [0.1, 0.15) is 41.7 Å². The Morgan fingerprint density at radius 1 is 1.03 bits per heavy atom. The molecular formula is C23H24N4O2. The second-order valence-corrected chi connectivity index (χ2v) is 8.11. The number of nitrogens with one attached hydrogen (secondary N) is 1. The number of aryl methyl sites for hydroxylation is 1. The van der Waals surface area contributed by atoms with E-state index in [1.165, 1.54) is 0 Å². The molecule has 1 aromatic heterocycles. The van der Waals surface area contributed by atoms with Crippen molar-refractivity contribution in [3.8, 4) is 0 Å². The fourth-order valence-electron chi connectivity index (χ4n) is 4.87. The van der Waals surface area contributed by atoms with Crippen molar-refractivity contribution in [3.05, 3.63) is 59.8 Å². The molecule has 1 unspecified atom stereocenters. The first-order chi connectivity index (χ1) is 14.1. The average molecular weight is 388 g/mol. The number of amides is 2. The molecule has 3 heterocycles. The Kier molecular flexibility index (Phi) is 4.15. The van der Waals surface area contributed by atoms with Crippen molar-refractivity contribution >= 4 is 28.4 Å². The van der Waals surface area contributed by atoms with E-state index >= 15 is 0 Å². The summed E-state index contributed by atoms with van der Waals surface area (Å²) in [5, 5.41) is 8.03. The summed E-state index contributed by atoms with van der Waals surface area (Å²) in [5.74, 6) is -0.114. The molecule has 2 amide bonds. The van der Waals surface area contributed by atoms with Gasteiger partial charge in [0.15, 0.2) is 5.69 Å². The second-order valence-electron chi connectivity index (χ2n) is 8.11. The largest absolute Gasteiger partial charge is 0.322 e. The normalized spacial score (nSPS) is 22.0. The number of likely N-dealkylation sites (tertiary alicyclic amines) is 1. The smallest absolute Gasteiger partial charge is 0.275 e. The Bertz CT molecular complexity index is 1090. The van der Waals surface area contributed by atoms with Crippen LogP contribution in [0.2, 0.25) is 0 Å². The lowest BCUT2D eigenvalue weighted by Crippen LogP contribution is -2.61. The van der Waals surface area contributed by atoms with Gasteiger partial charge in [-0.05, 0) is 50.8 Å². The zero-order valence-electron chi connectivity index (χ0n) is 16.5. The van der Waals surface area contributed by atoms with Crippen LogP contribution < -0.4 is 4.90 Å². The Morgan fingerprint density at radius 3 is 2.55 bits per heavy atom. The minimum atomic E-state index is -0.764. The summed E-state index contributed by atoms with van der Waals surface area (Å²) in [7, 11) is 0. The van der Waals surface area contributed by atoms with E-state index in [1.807, 2.05) is 60.4 Å². The standard InChI is InChI=1S/C23H24N4O2/c1-16-8-10-17(11-9-16)26-14-4-12-23(22(26)29)13-5-15-27(23)21(28)20-18-6-2-3-7-19(18)24-25-20/h2-3,6-11H,4-5,12-15H2,1H3,(H,24,25). The van der Waals surface area contributed by atoms with Gasteiger partial charge in [0.1, 0.15) is 5.54 Å². The fourth-order valence-corrected chi connectivity index (χ4v) is 4.87. The van der Waals surface area contributed by atoms with Gasteiger partial charge in [-0.3, -0.25) is 14.7 Å². The van der Waals surface area contributed by atoms with Gasteiger partial charge >= 0.3 is 0 Å². The van der Waals surface area contributed by atoms with Crippen LogP contribution in [0.3, 0.4) is 0 Å². The minimum Gasteiger partial charge on any atom is -0.322 e. The summed E-state index contributed by atoms with van der Waals surface area (Å²) in [6.45, 7) is 3.32. The van der Waals surface area contributed by atoms with Crippen LogP contribution in [0.4, 0.5) is 5.69 Å². The molecule has 3 aromatic rings. The molecule has 29 heavy (non-hydrogen) atoms. The van der Waals surface area contributed by atoms with E-state index in [-0.39, 0.29) is 11.8 Å². The van der Waals surface area contributed by atoms with E-state index in [0.717, 1.165) is 35.0 Å². The highest BCUT2D eigenvalue weighted by molar-refractivity contribution is 6.09. The summed E-state index contributed by atoms with van der Waals surface area (Å²) in [4.78, 5) is 30.8. The van der Waals surface area contributed by atoms with Crippen LogP contribution in [-0.4, -0.2) is 45.5 Å². The maximum atomic E-state index is 13.7. The summed E-state index contributed by atoms with van der Waals surface area (Å²) in [5.41, 5.74) is 2.54. The SMILES string of the molecule is Cc1ccc(N2CCCC3(CCCN3C(=O)c3n[nH]c4ccccc34)C2=O)cc1. The average Bonchev–Trinajstić information content (AvgIpc) is 3.36. The topological polar surface area (TPSA) is 69.3 Å². The molecule has 6 heteroatoms. The van der Waals surface area contributed by atoms with Crippen molar-refractivity contribution in [3.63, 3.8) is 0 Å². The first-order valence-corrected chi connectivity index (χ1v) is 10.2. The van der Waals surface area contributed by atoms with E-state index in [4.69, 9.17) is 0 Å². The molecule has 0 aliphatic carbocycles. The molecule has 2 aliphatic heterocycles. The van der Waals surface area contributed by atoms with Gasteiger partial charge < -0.3 is 9.80 Å². The number of hydrogen-bond donors (Lipinski definition) is 1. The lowest BCUT2D eigenvalue weighted by atomic mass is 9.84. The summed E-state index contributed by atoms with van der Waals surface area (Å²) in [6.07, 6.45) is 3.14. The first kappa shape index (κ1) is 17.9. The highest BCUT2D eigenvalue weighted by atomic mass is 16.2. The van der Waals surface area contributed by atoms with Crippen molar-refractivity contribution in [1.82, 2.24) is 15.1 Å². The molecule has 2 aromatic carbocycles. The first-order valence-electron chi connectivity index (χ1n) is 10.2. The fraction of sp³-hybridized carbons (Fsp3) is 0.348. The number of fused-ring (bicyclic) bond motifs is 1. The molecule has 1 spiro atoms.